The Balaban J connectivity index is 1.95. The summed E-state index contributed by atoms with van der Waals surface area (Å²) in [6.07, 6.45) is 3.76. The zero-order valence-corrected chi connectivity index (χ0v) is 23.2. The molecule has 0 radical (unpaired) electrons. The molecule has 202 valence electrons. The minimum Gasteiger partial charge on any atom is -0.504 e. The lowest BCUT2D eigenvalue weighted by atomic mass is 9.96. The fourth-order valence-electron chi connectivity index (χ4n) is 4.54. The van der Waals surface area contributed by atoms with E-state index < -0.39 is 0 Å². The fraction of sp³-hybridized carbons (Fsp3) is 0.281. The number of phenolic OH excluding ortho intramolecular Hbond substituents is 1. The smallest absolute Gasteiger partial charge is 0.282 e. The number of phenols is 1. The monoisotopic (exact) mass is 525 g/mol. The van der Waals surface area contributed by atoms with Crippen LogP contribution in [0.3, 0.4) is 0 Å². The van der Waals surface area contributed by atoms with E-state index >= 15 is 0 Å². The Labute approximate surface area is 229 Å². The molecule has 7 nitrogen and oxygen atoms in total. The molecule has 39 heavy (non-hydrogen) atoms. The molecule has 0 amide bonds. The standard InChI is InChI=1S/C32H35N3O4/c1-7-12-23-16-22(17-29(30(23)36)39-9-3)19-33-35-31(34-27-14-11-10-13-24(27)32(35)37)26-18-25(20(4)5)28(38-8-2)15-21(26)6/h7,10-11,13-20,36H,1,8-9,12H2,2-6H3. The van der Waals surface area contributed by atoms with Crippen LogP contribution in [0.4, 0.5) is 0 Å². The van der Waals surface area contributed by atoms with Gasteiger partial charge in [-0.15, -0.1) is 6.58 Å². The Morgan fingerprint density at radius 1 is 1.08 bits per heavy atom. The Morgan fingerprint density at radius 3 is 2.49 bits per heavy atom. The first kappa shape index (κ1) is 27.6. The Hall–Kier alpha value is -4.39. The fourth-order valence-corrected chi connectivity index (χ4v) is 4.54. The summed E-state index contributed by atoms with van der Waals surface area (Å²) in [5.74, 6) is 1.89. The molecule has 0 aliphatic carbocycles. The number of para-hydroxylation sites is 1. The molecule has 0 atom stereocenters. The average molecular weight is 526 g/mol. The maximum atomic E-state index is 13.7. The molecular weight excluding hydrogens is 490 g/mol. The summed E-state index contributed by atoms with van der Waals surface area (Å²) in [4.78, 5) is 18.6. The van der Waals surface area contributed by atoms with Crippen LogP contribution in [-0.2, 0) is 6.42 Å². The third-order valence-corrected chi connectivity index (χ3v) is 6.44. The minimum absolute atomic E-state index is 0.0744. The van der Waals surface area contributed by atoms with Gasteiger partial charge in [-0.25, -0.2) is 4.98 Å². The highest BCUT2D eigenvalue weighted by Crippen LogP contribution is 2.35. The molecule has 0 spiro atoms. The van der Waals surface area contributed by atoms with E-state index in [1.54, 1.807) is 30.5 Å². The zero-order valence-electron chi connectivity index (χ0n) is 23.2. The molecular formula is C32H35N3O4. The van der Waals surface area contributed by atoms with Crippen LogP contribution in [0, 0.1) is 6.92 Å². The molecule has 3 aromatic carbocycles. The van der Waals surface area contributed by atoms with Gasteiger partial charge in [0.2, 0.25) is 0 Å². The number of hydrogen-bond donors (Lipinski definition) is 1. The van der Waals surface area contributed by atoms with Gasteiger partial charge < -0.3 is 14.6 Å². The lowest BCUT2D eigenvalue weighted by Crippen LogP contribution is -2.21. The quantitative estimate of drug-likeness (QED) is 0.186. The number of benzene rings is 3. The topological polar surface area (TPSA) is 85.9 Å². The molecule has 0 saturated carbocycles. The Bertz CT molecular complexity index is 1600. The van der Waals surface area contributed by atoms with Gasteiger partial charge in [-0.3, -0.25) is 4.79 Å². The number of hydrogen-bond acceptors (Lipinski definition) is 6. The second-order valence-electron chi connectivity index (χ2n) is 9.56. The summed E-state index contributed by atoms with van der Waals surface area (Å²) >= 11 is 0. The minimum atomic E-state index is -0.277. The lowest BCUT2D eigenvalue weighted by Gasteiger charge is -2.18. The first-order valence-electron chi connectivity index (χ1n) is 13.2. The van der Waals surface area contributed by atoms with Crippen molar-refractivity contribution >= 4 is 17.1 Å². The Morgan fingerprint density at radius 2 is 1.79 bits per heavy atom. The molecule has 4 aromatic rings. The number of rotatable bonds is 10. The van der Waals surface area contributed by atoms with Gasteiger partial charge in [0, 0.05) is 11.1 Å². The van der Waals surface area contributed by atoms with Gasteiger partial charge in [0.25, 0.3) is 5.56 Å². The first-order valence-corrected chi connectivity index (χ1v) is 13.2. The molecule has 7 heteroatoms. The van der Waals surface area contributed by atoms with Gasteiger partial charge in [0.1, 0.15) is 5.75 Å². The number of fused-ring (bicyclic) bond motifs is 1. The van der Waals surface area contributed by atoms with Crippen LogP contribution in [0.1, 0.15) is 55.9 Å². The van der Waals surface area contributed by atoms with Gasteiger partial charge in [0.05, 0.1) is 30.3 Å². The van der Waals surface area contributed by atoms with Crippen molar-refractivity contribution in [3.05, 3.63) is 93.8 Å². The summed E-state index contributed by atoms with van der Waals surface area (Å²) in [6.45, 7) is 14.8. The van der Waals surface area contributed by atoms with Crippen LogP contribution in [-0.4, -0.2) is 34.2 Å². The number of aromatic hydroxyl groups is 1. The number of allylic oxidation sites excluding steroid dienone is 1. The molecule has 1 heterocycles. The van der Waals surface area contributed by atoms with Gasteiger partial charge in [-0.1, -0.05) is 32.1 Å². The maximum absolute atomic E-state index is 13.7. The van der Waals surface area contributed by atoms with Gasteiger partial charge in [-0.2, -0.15) is 9.78 Å². The van der Waals surface area contributed by atoms with Crippen LogP contribution < -0.4 is 15.0 Å². The third kappa shape index (κ3) is 5.72. The Kier molecular flexibility index (Phi) is 8.49. The molecule has 4 rings (SSSR count). The summed E-state index contributed by atoms with van der Waals surface area (Å²) in [6, 6.07) is 14.8. The number of aryl methyl sites for hydroxylation is 1. The van der Waals surface area contributed by atoms with E-state index in [9.17, 15) is 9.90 Å². The lowest BCUT2D eigenvalue weighted by molar-refractivity contribution is 0.317. The molecule has 0 saturated heterocycles. The van der Waals surface area contributed by atoms with Crippen molar-refractivity contribution in [2.45, 2.75) is 47.0 Å². The van der Waals surface area contributed by atoms with Crippen molar-refractivity contribution < 1.29 is 14.6 Å². The summed E-state index contributed by atoms with van der Waals surface area (Å²) in [5.41, 5.74) is 4.40. The molecule has 1 aromatic heterocycles. The highest BCUT2D eigenvalue weighted by molar-refractivity contribution is 5.83. The SMILES string of the molecule is C=CCc1cc(C=Nn2c(-c3cc(C(C)C)c(OCC)cc3C)nc3ccccc3c2=O)cc(OCC)c1O. The molecule has 0 aliphatic rings. The van der Waals surface area contributed by atoms with Gasteiger partial charge in [0.15, 0.2) is 17.3 Å². The molecule has 0 aliphatic heterocycles. The van der Waals surface area contributed by atoms with Crippen LogP contribution in [0.2, 0.25) is 0 Å². The maximum Gasteiger partial charge on any atom is 0.282 e. The summed E-state index contributed by atoms with van der Waals surface area (Å²) in [7, 11) is 0. The van der Waals surface area contributed by atoms with Gasteiger partial charge in [-0.05, 0) is 86.2 Å². The van der Waals surface area contributed by atoms with E-state index in [-0.39, 0.29) is 17.2 Å². The van der Waals surface area contributed by atoms with Crippen molar-refractivity contribution in [1.29, 1.82) is 0 Å². The highest BCUT2D eigenvalue weighted by Gasteiger charge is 2.19. The van der Waals surface area contributed by atoms with Crippen LogP contribution in [0.25, 0.3) is 22.3 Å². The molecule has 0 bridgehead atoms. The second-order valence-corrected chi connectivity index (χ2v) is 9.56. The van der Waals surface area contributed by atoms with E-state index in [0.29, 0.717) is 53.2 Å². The van der Waals surface area contributed by atoms with E-state index in [1.807, 2.05) is 51.1 Å². The van der Waals surface area contributed by atoms with Gasteiger partial charge >= 0.3 is 0 Å². The first-order chi connectivity index (χ1) is 18.8. The summed E-state index contributed by atoms with van der Waals surface area (Å²) in [5, 5.41) is 15.7. The van der Waals surface area contributed by atoms with E-state index in [4.69, 9.17) is 14.5 Å². The van der Waals surface area contributed by atoms with E-state index in [0.717, 1.165) is 22.4 Å². The normalized spacial score (nSPS) is 11.4. The number of aromatic nitrogens is 2. The van der Waals surface area contributed by atoms with Crippen molar-refractivity contribution in [2.75, 3.05) is 13.2 Å². The van der Waals surface area contributed by atoms with Crippen LogP contribution in [0.15, 0.2) is 71.1 Å². The van der Waals surface area contributed by atoms with Crippen LogP contribution >= 0.6 is 0 Å². The highest BCUT2D eigenvalue weighted by atomic mass is 16.5. The zero-order chi connectivity index (χ0) is 28.1. The summed E-state index contributed by atoms with van der Waals surface area (Å²) < 4.78 is 12.9. The molecule has 0 unspecified atom stereocenters. The predicted molar refractivity (Wildman–Crippen MR) is 158 cm³/mol. The van der Waals surface area contributed by atoms with E-state index in [2.05, 4.69) is 25.5 Å². The van der Waals surface area contributed by atoms with E-state index in [1.165, 1.54) is 4.68 Å². The largest absolute Gasteiger partial charge is 0.504 e. The molecule has 0 fully saturated rings. The third-order valence-electron chi connectivity index (χ3n) is 6.44. The van der Waals surface area contributed by atoms with Crippen molar-refractivity contribution in [2.24, 2.45) is 5.10 Å². The average Bonchev–Trinajstić information content (AvgIpc) is 2.91. The van der Waals surface area contributed by atoms with Crippen LogP contribution in [0.5, 0.6) is 17.2 Å². The number of nitrogens with zero attached hydrogens (tertiary/aromatic N) is 3. The molecule has 1 N–H and O–H groups in total. The van der Waals surface area contributed by atoms with Crippen molar-refractivity contribution in [3.63, 3.8) is 0 Å². The number of ether oxygens (including phenoxy) is 2. The second kappa shape index (κ2) is 12.0. The van der Waals surface area contributed by atoms with Crippen molar-refractivity contribution in [3.8, 4) is 28.6 Å². The predicted octanol–water partition coefficient (Wildman–Crippen LogP) is 6.61. The van der Waals surface area contributed by atoms with Crippen molar-refractivity contribution in [1.82, 2.24) is 9.66 Å².